The van der Waals surface area contributed by atoms with E-state index >= 15 is 0 Å². The van der Waals surface area contributed by atoms with Crippen molar-refractivity contribution in [2.24, 2.45) is 0 Å². The maximum Gasteiger partial charge on any atom is 0.302 e. The molecule has 0 fully saturated rings. The Kier molecular flexibility index (Phi) is 2.39. The SMILES string of the molecule is CC(=O)OCc1cnsc1. The fourth-order valence-corrected chi connectivity index (χ4v) is 1.00. The molecule has 0 atom stereocenters. The Morgan fingerprint density at radius 1 is 1.90 bits per heavy atom. The molecule has 0 amide bonds. The summed E-state index contributed by atoms with van der Waals surface area (Å²) in [5.41, 5.74) is 0.945. The maximum atomic E-state index is 10.3. The lowest BCUT2D eigenvalue weighted by atomic mass is 10.4. The van der Waals surface area contributed by atoms with Crippen molar-refractivity contribution in [1.82, 2.24) is 4.37 Å². The first-order valence-corrected chi connectivity index (χ1v) is 3.64. The molecule has 0 saturated heterocycles. The topological polar surface area (TPSA) is 39.2 Å². The zero-order chi connectivity index (χ0) is 7.40. The van der Waals surface area contributed by atoms with Crippen molar-refractivity contribution >= 4 is 17.5 Å². The minimum absolute atomic E-state index is 0.258. The first kappa shape index (κ1) is 7.21. The van der Waals surface area contributed by atoms with Gasteiger partial charge in [0.1, 0.15) is 6.61 Å². The normalized spacial score (nSPS) is 9.30. The van der Waals surface area contributed by atoms with Crippen LogP contribution in [0.15, 0.2) is 11.6 Å². The van der Waals surface area contributed by atoms with Crippen molar-refractivity contribution in [3.05, 3.63) is 17.1 Å². The molecule has 0 aromatic carbocycles. The predicted molar refractivity (Wildman–Crippen MR) is 37.6 cm³/mol. The van der Waals surface area contributed by atoms with Gasteiger partial charge in [-0.15, -0.1) is 0 Å². The number of rotatable bonds is 2. The molecule has 0 unspecified atom stereocenters. The van der Waals surface area contributed by atoms with Gasteiger partial charge in [-0.2, -0.15) is 0 Å². The molecule has 1 aromatic rings. The lowest BCUT2D eigenvalue weighted by molar-refractivity contribution is -0.142. The van der Waals surface area contributed by atoms with Crippen LogP contribution in [0.5, 0.6) is 0 Å². The van der Waals surface area contributed by atoms with E-state index in [4.69, 9.17) is 4.74 Å². The largest absolute Gasteiger partial charge is 0.461 e. The second-order valence-electron chi connectivity index (χ2n) is 1.81. The van der Waals surface area contributed by atoms with Gasteiger partial charge < -0.3 is 4.74 Å². The molecule has 4 heteroatoms. The number of ether oxygens (including phenoxy) is 1. The van der Waals surface area contributed by atoms with E-state index in [1.165, 1.54) is 18.5 Å². The van der Waals surface area contributed by atoms with Crippen LogP contribution in [0.25, 0.3) is 0 Å². The minimum atomic E-state index is -0.258. The molecule has 1 aromatic heterocycles. The van der Waals surface area contributed by atoms with Gasteiger partial charge in [-0.1, -0.05) is 0 Å². The van der Waals surface area contributed by atoms with Gasteiger partial charge in [0.2, 0.25) is 0 Å². The van der Waals surface area contributed by atoms with Crippen LogP contribution in [0.1, 0.15) is 12.5 Å². The molecular formula is C6H7NO2S. The summed E-state index contributed by atoms with van der Waals surface area (Å²) >= 11 is 1.35. The molecule has 0 spiro atoms. The van der Waals surface area contributed by atoms with E-state index in [0.717, 1.165) is 5.56 Å². The highest BCUT2D eigenvalue weighted by Crippen LogP contribution is 2.02. The summed E-state index contributed by atoms with van der Waals surface area (Å²) in [7, 11) is 0. The molecule has 0 aliphatic rings. The molecule has 0 bridgehead atoms. The zero-order valence-electron chi connectivity index (χ0n) is 5.53. The summed E-state index contributed by atoms with van der Waals surface area (Å²) in [6, 6.07) is 0. The fraction of sp³-hybridized carbons (Fsp3) is 0.333. The van der Waals surface area contributed by atoms with Crippen molar-refractivity contribution in [2.75, 3.05) is 0 Å². The summed E-state index contributed by atoms with van der Waals surface area (Å²) in [5, 5.41) is 1.85. The molecule has 54 valence electrons. The molecule has 3 nitrogen and oxygen atoms in total. The highest BCUT2D eigenvalue weighted by atomic mass is 32.1. The quantitative estimate of drug-likeness (QED) is 0.605. The van der Waals surface area contributed by atoms with Gasteiger partial charge in [0.05, 0.1) is 0 Å². The van der Waals surface area contributed by atoms with Crippen LogP contribution in [0.4, 0.5) is 0 Å². The van der Waals surface area contributed by atoms with E-state index in [-0.39, 0.29) is 5.97 Å². The van der Waals surface area contributed by atoms with Crippen molar-refractivity contribution < 1.29 is 9.53 Å². The maximum absolute atomic E-state index is 10.3. The smallest absolute Gasteiger partial charge is 0.302 e. The summed E-state index contributed by atoms with van der Waals surface area (Å²) in [4.78, 5) is 10.3. The second-order valence-corrected chi connectivity index (χ2v) is 2.47. The minimum Gasteiger partial charge on any atom is -0.461 e. The Labute approximate surface area is 62.8 Å². The van der Waals surface area contributed by atoms with Crippen LogP contribution in [0.2, 0.25) is 0 Å². The molecule has 0 aliphatic heterocycles. The summed E-state index contributed by atoms with van der Waals surface area (Å²) < 4.78 is 8.56. The van der Waals surface area contributed by atoms with E-state index in [1.807, 2.05) is 5.38 Å². The molecule has 0 radical (unpaired) electrons. The van der Waals surface area contributed by atoms with Crippen molar-refractivity contribution in [1.29, 1.82) is 0 Å². The Bertz CT molecular complexity index is 208. The van der Waals surface area contributed by atoms with Crippen molar-refractivity contribution in [3.63, 3.8) is 0 Å². The van der Waals surface area contributed by atoms with Crippen molar-refractivity contribution in [3.8, 4) is 0 Å². The third-order valence-corrected chi connectivity index (χ3v) is 1.56. The highest BCUT2D eigenvalue weighted by Gasteiger charge is 1.95. The van der Waals surface area contributed by atoms with Gasteiger partial charge in [-0.05, 0) is 11.5 Å². The summed E-state index contributed by atoms with van der Waals surface area (Å²) in [6.45, 7) is 1.73. The Hall–Kier alpha value is -0.900. The van der Waals surface area contributed by atoms with Gasteiger partial charge in [0.25, 0.3) is 0 Å². The van der Waals surface area contributed by atoms with Crippen LogP contribution in [0.3, 0.4) is 0 Å². The molecule has 1 heterocycles. The van der Waals surface area contributed by atoms with E-state index < -0.39 is 0 Å². The van der Waals surface area contributed by atoms with Gasteiger partial charge >= 0.3 is 5.97 Å². The van der Waals surface area contributed by atoms with Gasteiger partial charge in [-0.3, -0.25) is 4.79 Å². The fourth-order valence-electron chi connectivity index (χ4n) is 0.483. The Morgan fingerprint density at radius 2 is 2.70 bits per heavy atom. The molecule has 0 N–H and O–H groups in total. The van der Waals surface area contributed by atoms with E-state index in [2.05, 4.69) is 4.37 Å². The number of carbonyl (C=O) groups excluding carboxylic acids is 1. The molecular weight excluding hydrogens is 150 g/mol. The standard InChI is InChI=1S/C6H7NO2S/c1-5(8)9-3-6-2-7-10-4-6/h2,4H,3H2,1H3. The lowest BCUT2D eigenvalue weighted by Crippen LogP contribution is -1.97. The van der Waals surface area contributed by atoms with Gasteiger partial charge in [0.15, 0.2) is 0 Å². The average molecular weight is 157 g/mol. The van der Waals surface area contributed by atoms with Crippen molar-refractivity contribution in [2.45, 2.75) is 13.5 Å². The van der Waals surface area contributed by atoms with Crippen LogP contribution < -0.4 is 0 Å². The Morgan fingerprint density at radius 3 is 3.20 bits per heavy atom. The van der Waals surface area contributed by atoms with Gasteiger partial charge in [-0.25, -0.2) is 4.37 Å². The van der Waals surface area contributed by atoms with E-state index in [9.17, 15) is 4.79 Å². The number of hydrogen-bond acceptors (Lipinski definition) is 4. The first-order valence-electron chi connectivity index (χ1n) is 2.80. The third-order valence-electron chi connectivity index (χ3n) is 0.926. The molecule has 1 rings (SSSR count). The second kappa shape index (κ2) is 3.31. The zero-order valence-corrected chi connectivity index (χ0v) is 6.35. The summed E-state index contributed by atoms with van der Waals surface area (Å²) in [5.74, 6) is -0.258. The van der Waals surface area contributed by atoms with Crippen LogP contribution >= 0.6 is 11.5 Å². The van der Waals surface area contributed by atoms with Crippen LogP contribution in [-0.4, -0.2) is 10.3 Å². The number of hydrogen-bond donors (Lipinski definition) is 0. The number of esters is 1. The monoisotopic (exact) mass is 157 g/mol. The number of carbonyl (C=O) groups is 1. The Balaban J connectivity index is 2.35. The number of aromatic nitrogens is 1. The predicted octanol–water partition coefficient (Wildman–Crippen LogP) is 1.21. The first-order chi connectivity index (χ1) is 4.79. The highest BCUT2D eigenvalue weighted by molar-refractivity contribution is 7.03. The van der Waals surface area contributed by atoms with Crippen LogP contribution in [0, 0.1) is 0 Å². The molecule has 10 heavy (non-hydrogen) atoms. The molecule has 0 aliphatic carbocycles. The third kappa shape index (κ3) is 2.14. The average Bonchev–Trinajstić information content (AvgIpc) is 2.34. The van der Waals surface area contributed by atoms with E-state index in [1.54, 1.807) is 6.20 Å². The molecule has 0 saturated carbocycles. The van der Waals surface area contributed by atoms with Gasteiger partial charge in [0, 0.05) is 24.1 Å². The number of nitrogens with zero attached hydrogens (tertiary/aromatic N) is 1. The van der Waals surface area contributed by atoms with Crippen LogP contribution in [-0.2, 0) is 16.1 Å². The van der Waals surface area contributed by atoms with E-state index in [0.29, 0.717) is 6.61 Å². The lowest BCUT2D eigenvalue weighted by Gasteiger charge is -1.95. The summed E-state index contributed by atoms with van der Waals surface area (Å²) in [6.07, 6.45) is 1.69.